The lowest BCUT2D eigenvalue weighted by atomic mass is 10.2. The molecule has 136 valence electrons. The molecule has 12 heteroatoms. The number of esters is 2. The van der Waals surface area contributed by atoms with E-state index in [9.17, 15) is 9.59 Å². The Morgan fingerprint density at radius 3 is 2.81 bits per heavy atom. The average Bonchev–Trinajstić information content (AvgIpc) is 3.21. The Hall–Kier alpha value is -3.15. The second kappa shape index (κ2) is 7.39. The van der Waals surface area contributed by atoms with E-state index in [0.717, 1.165) is 11.3 Å². The van der Waals surface area contributed by atoms with E-state index in [-0.39, 0.29) is 31.4 Å². The summed E-state index contributed by atoms with van der Waals surface area (Å²) in [7, 11) is 0. The Bertz CT molecular complexity index is 954. The summed E-state index contributed by atoms with van der Waals surface area (Å²) in [5.74, 6) is -0.529. The summed E-state index contributed by atoms with van der Waals surface area (Å²) in [6.45, 7) is 3.48. The summed E-state index contributed by atoms with van der Waals surface area (Å²) < 4.78 is 11.4. The normalized spacial score (nSPS) is 10.8. The van der Waals surface area contributed by atoms with Gasteiger partial charge in [0, 0.05) is 0 Å². The SMILES string of the molecule is CCOC(=O)c1sc2nc(COC(=O)Cn3cnnn3)nc(N)c2c1C. The molecule has 0 radical (unpaired) electrons. The number of tetrazole rings is 1. The van der Waals surface area contributed by atoms with Crippen molar-refractivity contribution in [3.8, 4) is 0 Å². The number of carbonyl (C=O) groups is 2. The van der Waals surface area contributed by atoms with Crippen molar-refractivity contribution in [2.75, 3.05) is 12.3 Å². The first-order valence-corrected chi connectivity index (χ1v) is 8.40. The van der Waals surface area contributed by atoms with E-state index in [1.165, 1.54) is 11.0 Å². The lowest BCUT2D eigenvalue weighted by Gasteiger charge is -2.05. The van der Waals surface area contributed by atoms with Crippen LogP contribution >= 0.6 is 11.3 Å². The van der Waals surface area contributed by atoms with Crippen LogP contribution in [0.25, 0.3) is 10.2 Å². The molecule has 3 rings (SSSR count). The minimum Gasteiger partial charge on any atom is -0.462 e. The number of anilines is 1. The van der Waals surface area contributed by atoms with Gasteiger partial charge in [0.25, 0.3) is 0 Å². The number of hydrogen-bond donors (Lipinski definition) is 1. The van der Waals surface area contributed by atoms with Crippen LogP contribution in [0.4, 0.5) is 5.82 Å². The number of nitrogens with zero attached hydrogens (tertiary/aromatic N) is 6. The van der Waals surface area contributed by atoms with Gasteiger partial charge in [-0.25, -0.2) is 19.4 Å². The van der Waals surface area contributed by atoms with Crippen molar-refractivity contribution in [1.82, 2.24) is 30.2 Å². The molecule has 0 aliphatic carbocycles. The average molecular weight is 377 g/mol. The molecule has 0 atom stereocenters. The van der Waals surface area contributed by atoms with Gasteiger partial charge in [-0.3, -0.25) is 4.79 Å². The highest BCUT2D eigenvalue weighted by molar-refractivity contribution is 7.20. The monoisotopic (exact) mass is 377 g/mol. The molecule has 0 aliphatic heterocycles. The van der Waals surface area contributed by atoms with Gasteiger partial charge in [0.2, 0.25) is 0 Å². The Kier molecular flexibility index (Phi) is 5.02. The van der Waals surface area contributed by atoms with Gasteiger partial charge < -0.3 is 15.2 Å². The maximum absolute atomic E-state index is 12.0. The predicted molar refractivity (Wildman–Crippen MR) is 90.1 cm³/mol. The van der Waals surface area contributed by atoms with Crippen LogP contribution < -0.4 is 5.73 Å². The number of fused-ring (bicyclic) bond motifs is 1. The number of ether oxygens (including phenoxy) is 2. The molecular weight excluding hydrogens is 362 g/mol. The number of nitrogen functional groups attached to an aromatic ring is 1. The van der Waals surface area contributed by atoms with Crippen LogP contribution in [0.15, 0.2) is 6.33 Å². The van der Waals surface area contributed by atoms with Crippen LogP contribution in [0.3, 0.4) is 0 Å². The molecule has 0 saturated carbocycles. The molecule has 26 heavy (non-hydrogen) atoms. The van der Waals surface area contributed by atoms with Crippen LogP contribution in [0.5, 0.6) is 0 Å². The number of aromatic nitrogens is 6. The third-order valence-corrected chi connectivity index (χ3v) is 4.54. The standard InChI is InChI=1S/C14H15N7O4S/c1-3-24-14(23)11-7(2)10-12(15)17-8(18-13(10)26-11)5-25-9(22)4-21-6-16-19-20-21/h6H,3-5H2,1-2H3,(H2,15,17,18). The van der Waals surface area contributed by atoms with Crippen LogP contribution in [0.1, 0.15) is 28.0 Å². The van der Waals surface area contributed by atoms with E-state index in [2.05, 4.69) is 25.5 Å². The molecule has 0 spiro atoms. The van der Waals surface area contributed by atoms with Crippen molar-refractivity contribution in [3.63, 3.8) is 0 Å². The van der Waals surface area contributed by atoms with E-state index in [1.54, 1.807) is 13.8 Å². The van der Waals surface area contributed by atoms with Gasteiger partial charge in [0.15, 0.2) is 12.4 Å². The van der Waals surface area contributed by atoms with E-state index < -0.39 is 11.9 Å². The first kappa shape index (κ1) is 17.7. The zero-order valence-corrected chi connectivity index (χ0v) is 14.8. The molecule has 3 aromatic heterocycles. The zero-order chi connectivity index (χ0) is 18.7. The topological polar surface area (TPSA) is 148 Å². The van der Waals surface area contributed by atoms with Gasteiger partial charge in [-0.2, -0.15) is 0 Å². The lowest BCUT2D eigenvalue weighted by Crippen LogP contribution is -2.15. The summed E-state index contributed by atoms with van der Waals surface area (Å²) in [4.78, 5) is 33.2. The third kappa shape index (κ3) is 3.59. The van der Waals surface area contributed by atoms with Crippen molar-refractivity contribution in [3.05, 3.63) is 22.6 Å². The molecule has 0 bridgehead atoms. The summed E-state index contributed by atoms with van der Waals surface area (Å²) in [5.41, 5.74) is 6.66. The number of nitrogens with two attached hydrogens (primary N) is 1. The minimum atomic E-state index is -0.547. The van der Waals surface area contributed by atoms with Crippen molar-refractivity contribution >= 4 is 39.3 Å². The second-order valence-electron chi connectivity index (χ2n) is 5.15. The first-order chi connectivity index (χ1) is 12.5. The van der Waals surface area contributed by atoms with Crippen molar-refractivity contribution in [2.24, 2.45) is 0 Å². The van der Waals surface area contributed by atoms with Gasteiger partial charge in [0.05, 0.1) is 12.0 Å². The number of hydrogen-bond acceptors (Lipinski definition) is 11. The van der Waals surface area contributed by atoms with Gasteiger partial charge in [0.1, 0.15) is 28.4 Å². The molecule has 0 unspecified atom stereocenters. The maximum Gasteiger partial charge on any atom is 0.348 e. The first-order valence-electron chi connectivity index (χ1n) is 7.58. The highest BCUT2D eigenvalue weighted by Crippen LogP contribution is 2.33. The Balaban J connectivity index is 1.77. The molecule has 0 amide bonds. The van der Waals surface area contributed by atoms with Crippen molar-refractivity contribution < 1.29 is 19.1 Å². The highest BCUT2D eigenvalue weighted by Gasteiger charge is 2.20. The fourth-order valence-electron chi connectivity index (χ4n) is 2.25. The lowest BCUT2D eigenvalue weighted by molar-refractivity contribution is -0.146. The molecule has 0 saturated heterocycles. The van der Waals surface area contributed by atoms with Crippen LogP contribution in [-0.4, -0.2) is 48.7 Å². The zero-order valence-electron chi connectivity index (χ0n) is 14.0. The van der Waals surface area contributed by atoms with Gasteiger partial charge >= 0.3 is 11.9 Å². The van der Waals surface area contributed by atoms with Crippen molar-refractivity contribution in [1.29, 1.82) is 0 Å². The predicted octanol–water partition coefficient (Wildman–Crippen LogP) is 0.489. The van der Waals surface area contributed by atoms with E-state index >= 15 is 0 Å². The van der Waals surface area contributed by atoms with Crippen LogP contribution in [0.2, 0.25) is 0 Å². The van der Waals surface area contributed by atoms with E-state index in [1.807, 2.05) is 0 Å². The quantitative estimate of drug-likeness (QED) is 0.601. The fraction of sp³-hybridized carbons (Fsp3) is 0.357. The van der Waals surface area contributed by atoms with Crippen LogP contribution in [0, 0.1) is 6.92 Å². The molecule has 11 nitrogen and oxygen atoms in total. The number of carbonyl (C=O) groups excluding carboxylic acids is 2. The fourth-order valence-corrected chi connectivity index (χ4v) is 3.35. The molecular formula is C14H15N7O4S. The molecule has 3 heterocycles. The number of aryl methyl sites for hydroxylation is 1. The maximum atomic E-state index is 12.0. The van der Waals surface area contributed by atoms with Gasteiger partial charge in [-0.15, -0.1) is 16.4 Å². The summed E-state index contributed by atoms with van der Waals surface area (Å²) in [5, 5.41) is 11.0. The molecule has 0 aliphatic rings. The summed E-state index contributed by atoms with van der Waals surface area (Å²) >= 11 is 1.16. The van der Waals surface area contributed by atoms with Crippen molar-refractivity contribution in [2.45, 2.75) is 27.0 Å². The summed E-state index contributed by atoms with van der Waals surface area (Å²) in [6.07, 6.45) is 1.30. The Morgan fingerprint density at radius 2 is 2.12 bits per heavy atom. The minimum absolute atomic E-state index is 0.129. The molecule has 2 N–H and O–H groups in total. The van der Waals surface area contributed by atoms with E-state index in [0.29, 0.717) is 20.7 Å². The van der Waals surface area contributed by atoms with Crippen LogP contribution in [-0.2, 0) is 27.4 Å². The Labute approximate surface area is 151 Å². The van der Waals surface area contributed by atoms with Gasteiger partial charge in [-0.1, -0.05) is 0 Å². The summed E-state index contributed by atoms with van der Waals surface area (Å²) in [6, 6.07) is 0. The molecule has 3 aromatic rings. The smallest absolute Gasteiger partial charge is 0.348 e. The van der Waals surface area contributed by atoms with Gasteiger partial charge in [-0.05, 0) is 29.8 Å². The molecule has 0 aromatic carbocycles. The largest absolute Gasteiger partial charge is 0.462 e. The number of thiophene rings is 1. The Morgan fingerprint density at radius 1 is 1.31 bits per heavy atom. The molecule has 0 fully saturated rings. The second-order valence-corrected chi connectivity index (χ2v) is 6.15. The van der Waals surface area contributed by atoms with E-state index in [4.69, 9.17) is 15.2 Å². The number of rotatable bonds is 6. The third-order valence-electron chi connectivity index (χ3n) is 3.37. The highest BCUT2D eigenvalue weighted by atomic mass is 32.1.